The lowest BCUT2D eigenvalue weighted by Crippen LogP contribution is -2.51. The van der Waals surface area contributed by atoms with Crippen LogP contribution >= 0.6 is 0 Å². The SMILES string of the molecule is CC(=O)N1c2ccc(C(=O)NC3CCS(=O)(=O)CC3)cc2[C@H](Nc2cccc(C)n2)[C@@H](C)[C@@H]1C1CC1. The molecule has 9 heteroatoms. The van der Waals surface area contributed by atoms with Crippen molar-refractivity contribution in [3.05, 3.63) is 53.2 Å². The smallest absolute Gasteiger partial charge is 0.251 e. The molecular formula is C27H34N4O4S. The predicted octanol–water partition coefficient (Wildman–Crippen LogP) is 3.63. The first-order chi connectivity index (χ1) is 17.1. The van der Waals surface area contributed by atoms with Crippen LogP contribution in [-0.4, -0.2) is 48.8 Å². The highest BCUT2D eigenvalue weighted by molar-refractivity contribution is 7.91. The van der Waals surface area contributed by atoms with Crippen LogP contribution in [0.25, 0.3) is 0 Å². The summed E-state index contributed by atoms with van der Waals surface area (Å²) in [5.41, 5.74) is 3.15. The van der Waals surface area contributed by atoms with Crippen LogP contribution in [0.2, 0.25) is 0 Å². The summed E-state index contributed by atoms with van der Waals surface area (Å²) in [6, 6.07) is 11.2. The summed E-state index contributed by atoms with van der Waals surface area (Å²) in [4.78, 5) is 32.6. The Morgan fingerprint density at radius 1 is 1.06 bits per heavy atom. The molecule has 1 saturated heterocycles. The quantitative estimate of drug-likeness (QED) is 0.636. The summed E-state index contributed by atoms with van der Waals surface area (Å²) in [5, 5.41) is 6.63. The van der Waals surface area contributed by atoms with Crippen molar-refractivity contribution in [2.45, 2.75) is 64.6 Å². The van der Waals surface area contributed by atoms with Crippen LogP contribution in [0, 0.1) is 18.8 Å². The summed E-state index contributed by atoms with van der Waals surface area (Å²) in [6.07, 6.45) is 3.09. The van der Waals surface area contributed by atoms with Gasteiger partial charge in [-0.1, -0.05) is 13.0 Å². The van der Waals surface area contributed by atoms with Crippen molar-refractivity contribution in [2.75, 3.05) is 21.7 Å². The van der Waals surface area contributed by atoms with Gasteiger partial charge in [0.05, 0.1) is 17.5 Å². The van der Waals surface area contributed by atoms with Gasteiger partial charge in [-0.05, 0) is 74.4 Å². The van der Waals surface area contributed by atoms with E-state index < -0.39 is 9.84 Å². The van der Waals surface area contributed by atoms with Gasteiger partial charge in [0.25, 0.3) is 5.91 Å². The van der Waals surface area contributed by atoms with Crippen LogP contribution in [0.1, 0.15) is 67.2 Å². The van der Waals surface area contributed by atoms with Gasteiger partial charge < -0.3 is 15.5 Å². The fourth-order valence-electron chi connectivity index (χ4n) is 5.79. The van der Waals surface area contributed by atoms with Gasteiger partial charge in [0, 0.05) is 41.9 Å². The number of benzene rings is 1. The highest BCUT2D eigenvalue weighted by atomic mass is 32.2. The second-order valence-corrected chi connectivity index (χ2v) is 12.8. The van der Waals surface area contributed by atoms with E-state index in [4.69, 9.17) is 0 Å². The molecule has 1 aliphatic carbocycles. The summed E-state index contributed by atoms with van der Waals surface area (Å²) in [6.45, 7) is 5.73. The summed E-state index contributed by atoms with van der Waals surface area (Å²) >= 11 is 0. The lowest BCUT2D eigenvalue weighted by molar-refractivity contribution is -0.117. The van der Waals surface area contributed by atoms with Crippen molar-refractivity contribution in [3.63, 3.8) is 0 Å². The van der Waals surface area contributed by atoms with E-state index >= 15 is 0 Å². The molecule has 0 bridgehead atoms. The molecule has 192 valence electrons. The molecule has 1 aromatic heterocycles. The lowest BCUT2D eigenvalue weighted by atomic mass is 9.79. The molecule has 0 spiro atoms. The number of anilines is 2. The minimum atomic E-state index is -3.00. The molecule has 5 rings (SSSR count). The Bertz CT molecular complexity index is 1280. The molecule has 2 fully saturated rings. The van der Waals surface area contributed by atoms with Crippen LogP contribution in [0.3, 0.4) is 0 Å². The third-order valence-electron chi connectivity index (χ3n) is 7.77. The minimum Gasteiger partial charge on any atom is -0.363 e. The van der Waals surface area contributed by atoms with E-state index in [1.807, 2.05) is 42.2 Å². The standard InChI is InChI=1S/C27H34N4O4S/c1-16-5-4-6-24(28-16)30-25-17(2)26(19-7-8-19)31(18(3)32)23-10-9-20(15-22(23)25)27(33)29-21-11-13-36(34,35)14-12-21/h4-6,9-10,15,17,19,21,25-26H,7-8,11-14H2,1-3H3,(H,28,30)(H,29,33)/t17-,25-,26-/m1/s1. The minimum absolute atomic E-state index is 0.00717. The summed E-state index contributed by atoms with van der Waals surface area (Å²) in [7, 11) is -3.00. The lowest BCUT2D eigenvalue weighted by Gasteiger charge is -2.46. The second kappa shape index (κ2) is 9.50. The van der Waals surface area contributed by atoms with Gasteiger partial charge in [-0.15, -0.1) is 0 Å². The molecule has 3 heterocycles. The molecule has 1 aromatic carbocycles. The van der Waals surface area contributed by atoms with Crippen molar-refractivity contribution in [3.8, 4) is 0 Å². The van der Waals surface area contributed by atoms with Gasteiger partial charge in [-0.25, -0.2) is 13.4 Å². The zero-order chi connectivity index (χ0) is 25.6. The predicted molar refractivity (Wildman–Crippen MR) is 140 cm³/mol. The Morgan fingerprint density at radius 3 is 2.42 bits per heavy atom. The number of aryl methyl sites for hydroxylation is 1. The third kappa shape index (κ3) is 4.98. The normalized spacial score (nSPS) is 25.6. The molecule has 2 amide bonds. The van der Waals surface area contributed by atoms with Gasteiger partial charge >= 0.3 is 0 Å². The molecule has 2 N–H and O–H groups in total. The van der Waals surface area contributed by atoms with Crippen molar-refractivity contribution >= 4 is 33.2 Å². The average molecular weight is 511 g/mol. The molecule has 2 aliphatic heterocycles. The molecule has 1 saturated carbocycles. The average Bonchev–Trinajstić information content (AvgIpc) is 3.66. The van der Waals surface area contributed by atoms with Gasteiger partial charge in [-0.2, -0.15) is 0 Å². The van der Waals surface area contributed by atoms with E-state index in [1.54, 1.807) is 13.0 Å². The fourth-order valence-corrected chi connectivity index (χ4v) is 7.28. The fraction of sp³-hybridized carbons (Fsp3) is 0.519. The molecular weight excluding hydrogens is 476 g/mol. The molecule has 2 aromatic rings. The number of aromatic nitrogens is 1. The van der Waals surface area contributed by atoms with E-state index in [0.717, 1.165) is 35.6 Å². The first kappa shape index (κ1) is 24.7. The Balaban J connectivity index is 1.48. The maximum atomic E-state index is 13.2. The summed E-state index contributed by atoms with van der Waals surface area (Å²) < 4.78 is 23.5. The molecule has 36 heavy (non-hydrogen) atoms. The topological polar surface area (TPSA) is 108 Å². The van der Waals surface area contributed by atoms with E-state index in [0.29, 0.717) is 24.3 Å². The van der Waals surface area contributed by atoms with Crippen LogP contribution in [0.4, 0.5) is 11.5 Å². The largest absolute Gasteiger partial charge is 0.363 e. The first-order valence-corrected chi connectivity index (χ1v) is 14.6. The second-order valence-electron chi connectivity index (χ2n) is 10.5. The third-order valence-corrected chi connectivity index (χ3v) is 9.49. The van der Waals surface area contributed by atoms with E-state index in [-0.39, 0.29) is 47.4 Å². The number of sulfone groups is 1. The van der Waals surface area contributed by atoms with Crippen LogP contribution in [0.5, 0.6) is 0 Å². The number of nitrogens with one attached hydrogen (secondary N) is 2. The van der Waals surface area contributed by atoms with Gasteiger partial charge in [0.15, 0.2) is 0 Å². The molecule has 0 unspecified atom stereocenters. The monoisotopic (exact) mass is 510 g/mol. The zero-order valence-corrected chi connectivity index (χ0v) is 21.8. The van der Waals surface area contributed by atoms with Crippen molar-refractivity contribution < 1.29 is 18.0 Å². The van der Waals surface area contributed by atoms with Crippen LogP contribution < -0.4 is 15.5 Å². The van der Waals surface area contributed by atoms with Crippen molar-refractivity contribution in [2.24, 2.45) is 11.8 Å². The molecule has 3 atom stereocenters. The molecule has 8 nitrogen and oxygen atoms in total. The number of carbonyl (C=O) groups is 2. The van der Waals surface area contributed by atoms with Gasteiger partial charge in [-0.3, -0.25) is 9.59 Å². The number of carbonyl (C=O) groups excluding carboxylic acids is 2. The van der Waals surface area contributed by atoms with Crippen LogP contribution in [-0.2, 0) is 14.6 Å². The highest BCUT2D eigenvalue weighted by Crippen LogP contribution is 2.50. The number of fused-ring (bicyclic) bond motifs is 1. The number of nitrogens with zero attached hydrogens (tertiary/aromatic N) is 2. The number of hydrogen-bond acceptors (Lipinski definition) is 6. The Hall–Kier alpha value is -2.94. The number of hydrogen-bond donors (Lipinski definition) is 2. The van der Waals surface area contributed by atoms with E-state index in [2.05, 4.69) is 22.5 Å². The first-order valence-electron chi connectivity index (χ1n) is 12.8. The Morgan fingerprint density at radius 2 is 1.78 bits per heavy atom. The molecule has 3 aliphatic rings. The van der Waals surface area contributed by atoms with E-state index in [1.165, 1.54) is 0 Å². The maximum Gasteiger partial charge on any atom is 0.251 e. The Labute approximate surface area is 212 Å². The highest BCUT2D eigenvalue weighted by Gasteiger charge is 2.47. The number of pyridine rings is 1. The van der Waals surface area contributed by atoms with Crippen molar-refractivity contribution in [1.82, 2.24) is 10.3 Å². The zero-order valence-electron chi connectivity index (χ0n) is 21.0. The van der Waals surface area contributed by atoms with E-state index in [9.17, 15) is 18.0 Å². The van der Waals surface area contributed by atoms with Crippen molar-refractivity contribution in [1.29, 1.82) is 0 Å². The van der Waals surface area contributed by atoms with Gasteiger partial charge in [0.2, 0.25) is 5.91 Å². The Kier molecular flexibility index (Phi) is 6.53. The molecule has 0 radical (unpaired) electrons. The van der Waals surface area contributed by atoms with Gasteiger partial charge in [0.1, 0.15) is 15.7 Å². The van der Waals surface area contributed by atoms with Crippen LogP contribution in [0.15, 0.2) is 36.4 Å². The number of rotatable bonds is 5. The maximum absolute atomic E-state index is 13.2. The number of amides is 2. The summed E-state index contributed by atoms with van der Waals surface area (Å²) in [5.74, 6) is 1.34.